The van der Waals surface area contributed by atoms with Gasteiger partial charge in [0.25, 0.3) is 11.8 Å². The molecule has 0 aliphatic carbocycles. The maximum Gasteiger partial charge on any atom is 0.255 e. The van der Waals surface area contributed by atoms with E-state index in [1.165, 1.54) is 0 Å². The summed E-state index contributed by atoms with van der Waals surface area (Å²) in [5.74, 6) is -0.554. The van der Waals surface area contributed by atoms with Crippen molar-refractivity contribution < 1.29 is 19.8 Å². The predicted molar refractivity (Wildman–Crippen MR) is 137 cm³/mol. The van der Waals surface area contributed by atoms with Crippen LogP contribution in [0.4, 0.5) is 11.4 Å². The fraction of sp³-hybridized carbons (Fsp3) is 0.103. The van der Waals surface area contributed by atoms with E-state index in [0.29, 0.717) is 28.9 Å². The fourth-order valence-corrected chi connectivity index (χ4v) is 3.67. The minimum absolute atomic E-state index is 0.0217. The van der Waals surface area contributed by atoms with Crippen molar-refractivity contribution in [3.63, 3.8) is 0 Å². The van der Waals surface area contributed by atoms with E-state index in [1.807, 2.05) is 38.1 Å². The Morgan fingerprint density at radius 3 is 1.34 bits per heavy atom. The van der Waals surface area contributed by atoms with Gasteiger partial charge in [-0.25, -0.2) is 0 Å². The van der Waals surface area contributed by atoms with Gasteiger partial charge in [0, 0.05) is 11.1 Å². The Kier molecular flexibility index (Phi) is 6.83. The Morgan fingerprint density at radius 2 is 0.971 bits per heavy atom. The Morgan fingerprint density at radius 1 is 0.600 bits per heavy atom. The molecule has 0 saturated carbocycles. The summed E-state index contributed by atoms with van der Waals surface area (Å²) in [5.41, 5.74) is 5.63. The van der Waals surface area contributed by atoms with Crippen molar-refractivity contribution in [1.29, 1.82) is 0 Å². The van der Waals surface area contributed by atoms with E-state index in [-0.39, 0.29) is 23.3 Å². The number of phenols is 2. The zero-order valence-electron chi connectivity index (χ0n) is 19.5. The second-order valence-electron chi connectivity index (χ2n) is 8.52. The van der Waals surface area contributed by atoms with E-state index in [2.05, 4.69) is 10.6 Å². The third kappa shape index (κ3) is 5.86. The molecule has 0 radical (unpaired) electrons. The van der Waals surface area contributed by atoms with E-state index < -0.39 is 0 Å². The molecule has 6 heteroatoms. The SMILES string of the molecule is Cc1ccc(O)c(NC(=O)c2ccc(Cc3ccc(C(=O)Nc4cc(C)ccc4O)cc3)cc2)c1. The molecule has 0 unspecified atom stereocenters. The van der Waals surface area contributed by atoms with Crippen LogP contribution >= 0.6 is 0 Å². The lowest BCUT2D eigenvalue weighted by atomic mass is 10.0. The van der Waals surface area contributed by atoms with E-state index in [1.54, 1.807) is 60.7 Å². The van der Waals surface area contributed by atoms with Crippen LogP contribution in [0.3, 0.4) is 0 Å². The summed E-state index contributed by atoms with van der Waals surface area (Å²) in [7, 11) is 0. The summed E-state index contributed by atoms with van der Waals surface area (Å²) in [6.45, 7) is 3.77. The van der Waals surface area contributed by atoms with Crippen LogP contribution in [-0.2, 0) is 6.42 Å². The lowest BCUT2D eigenvalue weighted by molar-refractivity contribution is 0.101. The first kappa shape index (κ1) is 23.6. The van der Waals surface area contributed by atoms with Gasteiger partial charge in [-0.3, -0.25) is 9.59 Å². The highest BCUT2D eigenvalue weighted by Gasteiger charge is 2.11. The van der Waals surface area contributed by atoms with Gasteiger partial charge in [-0.05, 0) is 91.1 Å². The third-order valence-corrected chi connectivity index (χ3v) is 5.64. The number of carbonyl (C=O) groups excluding carboxylic acids is 2. The van der Waals surface area contributed by atoms with Crippen LogP contribution in [0.15, 0.2) is 84.9 Å². The zero-order chi connectivity index (χ0) is 24.9. The van der Waals surface area contributed by atoms with Gasteiger partial charge < -0.3 is 20.8 Å². The van der Waals surface area contributed by atoms with Crippen LogP contribution in [-0.4, -0.2) is 22.0 Å². The van der Waals surface area contributed by atoms with Gasteiger partial charge in [0.1, 0.15) is 11.5 Å². The highest BCUT2D eigenvalue weighted by molar-refractivity contribution is 6.05. The van der Waals surface area contributed by atoms with Gasteiger partial charge in [-0.15, -0.1) is 0 Å². The summed E-state index contributed by atoms with van der Waals surface area (Å²) >= 11 is 0. The Labute approximate surface area is 203 Å². The molecule has 0 aliphatic rings. The second kappa shape index (κ2) is 10.1. The van der Waals surface area contributed by atoms with Crippen molar-refractivity contribution in [2.24, 2.45) is 0 Å². The summed E-state index contributed by atoms with van der Waals surface area (Å²) < 4.78 is 0. The number of rotatable bonds is 6. The van der Waals surface area contributed by atoms with E-state index >= 15 is 0 Å². The smallest absolute Gasteiger partial charge is 0.255 e. The molecule has 0 atom stereocenters. The molecule has 0 aliphatic heterocycles. The van der Waals surface area contributed by atoms with Gasteiger partial charge in [0.2, 0.25) is 0 Å². The van der Waals surface area contributed by atoms with Crippen LogP contribution < -0.4 is 10.6 Å². The number of phenolic OH excluding ortho intramolecular Hbond substituents is 2. The van der Waals surface area contributed by atoms with Crippen molar-refractivity contribution >= 4 is 23.2 Å². The van der Waals surface area contributed by atoms with Crippen molar-refractivity contribution in [2.45, 2.75) is 20.3 Å². The van der Waals surface area contributed by atoms with Crippen LogP contribution in [0, 0.1) is 13.8 Å². The zero-order valence-corrected chi connectivity index (χ0v) is 19.5. The normalized spacial score (nSPS) is 10.6. The molecule has 4 aromatic carbocycles. The molecule has 176 valence electrons. The summed E-state index contributed by atoms with van der Waals surface area (Å²) in [6.07, 6.45) is 0.640. The molecular weight excluding hydrogens is 440 g/mol. The van der Waals surface area contributed by atoms with Crippen molar-refractivity contribution in [1.82, 2.24) is 0 Å². The fourth-order valence-electron chi connectivity index (χ4n) is 3.67. The quantitative estimate of drug-likeness (QED) is 0.270. The first-order chi connectivity index (χ1) is 16.8. The summed E-state index contributed by atoms with van der Waals surface area (Å²) in [6, 6.07) is 24.6. The Balaban J connectivity index is 1.38. The van der Waals surface area contributed by atoms with Crippen LogP contribution in [0.25, 0.3) is 0 Å². The number of aromatic hydroxyl groups is 2. The molecule has 4 aromatic rings. The molecule has 6 nitrogen and oxygen atoms in total. The van der Waals surface area contributed by atoms with Gasteiger partial charge in [0.15, 0.2) is 0 Å². The van der Waals surface area contributed by atoms with Gasteiger partial charge in [0.05, 0.1) is 11.4 Å². The van der Waals surface area contributed by atoms with E-state index in [9.17, 15) is 19.8 Å². The number of hydrogen-bond acceptors (Lipinski definition) is 4. The first-order valence-electron chi connectivity index (χ1n) is 11.2. The van der Waals surface area contributed by atoms with E-state index in [0.717, 1.165) is 22.3 Å². The lowest BCUT2D eigenvalue weighted by Crippen LogP contribution is -2.12. The van der Waals surface area contributed by atoms with Gasteiger partial charge in [-0.1, -0.05) is 36.4 Å². The molecule has 0 heterocycles. The van der Waals surface area contributed by atoms with Crippen LogP contribution in [0.5, 0.6) is 11.5 Å². The van der Waals surface area contributed by atoms with Crippen molar-refractivity contribution in [3.8, 4) is 11.5 Å². The highest BCUT2D eigenvalue weighted by Crippen LogP contribution is 2.26. The number of carbonyl (C=O) groups is 2. The average molecular weight is 467 g/mol. The van der Waals surface area contributed by atoms with Gasteiger partial charge in [-0.2, -0.15) is 0 Å². The molecule has 35 heavy (non-hydrogen) atoms. The largest absolute Gasteiger partial charge is 0.506 e. The minimum Gasteiger partial charge on any atom is -0.506 e. The van der Waals surface area contributed by atoms with Gasteiger partial charge >= 0.3 is 0 Å². The first-order valence-corrected chi connectivity index (χ1v) is 11.2. The number of hydrogen-bond donors (Lipinski definition) is 4. The monoisotopic (exact) mass is 466 g/mol. The molecule has 4 rings (SSSR count). The second-order valence-corrected chi connectivity index (χ2v) is 8.52. The van der Waals surface area contributed by atoms with Crippen molar-refractivity contribution in [2.75, 3.05) is 10.6 Å². The van der Waals surface area contributed by atoms with E-state index in [4.69, 9.17) is 0 Å². The number of aryl methyl sites for hydroxylation is 2. The molecule has 0 spiro atoms. The molecule has 0 fully saturated rings. The number of amides is 2. The predicted octanol–water partition coefficient (Wildman–Crippen LogP) is 5.81. The lowest BCUT2D eigenvalue weighted by Gasteiger charge is -2.10. The standard InChI is InChI=1S/C29H26N2O4/c1-18-3-13-26(32)24(15-18)30-28(34)22-9-5-20(6-10-22)17-21-7-11-23(12-8-21)29(35)31-25-16-19(2)4-14-27(25)33/h3-16,32-33H,17H2,1-2H3,(H,30,34)(H,31,35). The Hall–Kier alpha value is -4.58. The maximum absolute atomic E-state index is 12.5. The molecule has 2 amide bonds. The molecule has 0 bridgehead atoms. The number of nitrogens with one attached hydrogen (secondary N) is 2. The average Bonchev–Trinajstić information content (AvgIpc) is 2.84. The summed E-state index contributed by atoms with van der Waals surface area (Å²) in [5, 5.41) is 25.3. The molecule has 0 saturated heterocycles. The number of benzene rings is 4. The number of anilines is 2. The topological polar surface area (TPSA) is 98.7 Å². The molecular formula is C29H26N2O4. The highest BCUT2D eigenvalue weighted by atomic mass is 16.3. The van der Waals surface area contributed by atoms with Crippen LogP contribution in [0.1, 0.15) is 43.0 Å². The Bertz CT molecular complexity index is 1270. The summed E-state index contributed by atoms with van der Waals surface area (Å²) in [4.78, 5) is 25.1. The minimum atomic E-state index is -0.299. The maximum atomic E-state index is 12.5. The molecule has 0 aromatic heterocycles. The van der Waals surface area contributed by atoms with Crippen molar-refractivity contribution in [3.05, 3.63) is 118 Å². The third-order valence-electron chi connectivity index (χ3n) is 5.64. The molecule has 4 N–H and O–H groups in total. The van der Waals surface area contributed by atoms with Crippen LogP contribution in [0.2, 0.25) is 0 Å².